The molecule has 0 amide bonds. The normalized spacial score (nSPS) is 22.2. The predicted octanol–water partition coefficient (Wildman–Crippen LogP) is 2.93. The summed E-state index contributed by atoms with van der Waals surface area (Å²) in [7, 11) is 0. The molecule has 2 aromatic rings. The molecule has 0 fully saturated rings. The van der Waals surface area contributed by atoms with Gasteiger partial charge in [-0.05, 0) is 30.0 Å². The van der Waals surface area contributed by atoms with Gasteiger partial charge in [0, 0.05) is 24.4 Å². The highest BCUT2D eigenvalue weighted by Gasteiger charge is 2.28. The molecule has 0 radical (unpaired) electrons. The van der Waals surface area contributed by atoms with E-state index in [2.05, 4.69) is 34.7 Å². The van der Waals surface area contributed by atoms with E-state index in [9.17, 15) is 0 Å². The van der Waals surface area contributed by atoms with Crippen LogP contribution in [-0.2, 0) is 6.54 Å². The van der Waals surface area contributed by atoms with Crippen molar-refractivity contribution in [3.05, 3.63) is 53.6 Å². The van der Waals surface area contributed by atoms with Gasteiger partial charge >= 0.3 is 0 Å². The fourth-order valence-electron chi connectivity index (χ4n) is 2.84. The number of nitriles is 1. The van der Waals surface area contributed by atoms with E-state index in [1.165, 1.54) is 17.7 Å². The number of hydrogen-bond acceptors (Lipinski definition) is 2. The Balaban J connectivity index is 2.03. The smallest absolute Gasteiger partial charge is 0.0991 e. The molecule has 1 aliphatic rings. The predicted molar refractivity (Wildman–Crippen MR) is 69.0 cm³/mol. The van der Waals surface area contributed by atoms with E-state index < -0.39 is 0 Å². The number of hydrogen-bond donors (Lipinski definition) is 0. The Labute approximate surface area is 107 Å². The molecule has 18 heavy (non-hydrogen) atoms. The number of aryl methyl sites for hydroxylation is 1. The second-order valence-corrected chi connectivity index (χ2v) is 4.99. The highest BCUT2D eigenvalue weighted by Crippen LogP contribution is 2.37. The van der Waals surface area contributed by atoms with Crippen LogP contribution in [0.3, 0.4) is 0 Å². The Hall–Kier alpha value is -2.08. The molecule has 3 rings (SSSR count). The number of aromatic nitrogens is 2. The van der Waals surface area contributed by atoms with Crippen LogP contribution in [0.4, 0.5) is 0 Å². The largest absolute Gasteiger partial charge is 0.334 e. The average Bonchev–Trinajstić information content (AvgIpc) is 2.87. The van der Waals surface area contributed by atoms with Crippen molar-refractivity contribution in [3.8, 4) is 6.07 Å². The fourth-order valence-corrected chi connectivity index (χ4v) is 2.84. The maximum absolute atomic E-state index is 8.85. The molecule has 0 saturated heterocycles. The van der Waals surface area contributed by atoms with E-state index >= 15 is 0 Å². The van der Waals surface area contributed by atoms with Crippen molar-refractivity contribution < 1.29 is 0 Å². The SMILES string of the molecule is C[C@H]1CCn2cncc2C1c1ccc(C#N)cc1. The van der Waals surface area contributed by atoms with E-state index in [1.807, 2.05) is 24.7 Å². The summed E-state index contributed by atoms with van der Waals surface area (Å²) in [5, 5.41) is 8.85. The van der Waals surface area contributed by atoms with Gasteiger partial charge < -0.3 is 4.57 Å². The van der Waals surface area contributed by atoms with Crippen LogP contribution in [-0.4, -0.2) is 9.55 Å². The molecule has 0 aliphatic carbocycles. The molecule has 1 aliphatic heterocycles. The summed E-state index contributed by atoms with van der Waals surface area (Å²) in [5.74, 6) is 1.01. The monoisotopic (exact) mass is 237 g/mol. The van der Waals surface area contributed by atoms with Crippen LogP contribution in [0.5, 0.6) is 0 Å². The Kier molecular flexibility index (Phi) is 2.64. The first-order valence-corrected chi connectivity index (χ1v) is 6.29. The molecule has 0 saturated carbocycles. The summed E-state index contributed by atoms with van der Waals surface area (Å²) < 4.78 is 2.24. The van der Waals surface area contributed by atoms with Crippen molar-refractivity contribution in [1.29, 1.82) is 5.26 Å². The quantitative estimate of drug-likeness (QED) is 0.765. The molecule has 0 spiro atoms. The van der Waals surface area contributed by atoms with E-state index in [0.29, 0.717) is 11.8 Å². The zero-order valence-electron chi connectivity index (χ0n) is 10.4. The topological polar surface area (TPSA) is 41.6 Å². The lowest BCUT2D eigenvalue weighted by Gasteiger charge is -2.30. The van der Waals surface area contributed by atoms with Gasteiger partial charge in [0.2, 0.25) is 0 Å². The Morgan fingerprint density at radius 1 is 1.33 bits per heavy atom. The summed E-state index contributed by atoms with van der Waals surface area (Å²) in [5.41, 5.74) is 3.29. The lowest BCUT2D eigenvalue weighted by Crippen LogP contribution is -2.22. The van der Waals surface area contributed by atoms with Crippen LogP contribution in [0.25, 0.3) is 0 Å². The third-order valence-electron chi connectivity index (χ3n) is 3.86. The first kappa shape index (κ1) is 11.0. The van der Waals surface area contributed by atoms with Gasteiger partial charge in [-0.3, -0.25) is 0 Å². The number of imidazole rings is 1. The van der Waals surface area contributed by atoms with Crippen LogP contribution in [0, 0.1) is 17.2 Å². The molecule has 90 valence electrons. The summed E-state index contributed by atoms with van der Waals surface area (Å²) in [4.78, 5) is 4.26. The second-order valence-electron chi connectivity index (χ2n) is 4.99. The van der Waals surface area contributed by atoms with Gasteiger partial charge in [-0.2, -0.15) is 5.26 Å². The molecule has 0 bridgehead atoms. The van der Waals surface area contributed by atoms with Crippen LogP contribution in [0.2, 0.25) is 0 Å². The Bertz CT molecular complexity index is 589. The standard InChI is InChI=1S/C15H15N3/c1-11-6-7-18-10-17-9-14(18)15(11)13-4-2-12(8-16)3-5-13/h2-5,9-11,15H,6-7H2,1H3/t11-,15?/m0/s1. The summed E-state index contributed by atoms with van der Waals surface area (Å²) in [6.45, 7) is 3.35. The van der Waals surface area contributed by atoms with Gasteiger partial charge in [0.25, 0.3) is 0 Å². The zero-order chi connectivity index (χ0) is 12.5. The highest BCUT2D eigenvalue weighted by molar-refractivity contribution is 5.36. The minimum Gasteiger partial charge on any atom is -0.334 e. The molecule has 3 heteroatoms. The van der Waals surface area contributed by atoms with Gasteiger partial charge in [-0.25, -0.2) is 4.98 Å². The minimum atomic E-state index is 0.397. The van der Waals surface area contributed by atoms with Crippen LogP contribution < -0.4 is 0 Å². The third kappa shape index (κ3) is 1.70. The van der Waals surface area contributed by atoms with Gasteiger partial charge in [0.15, 0.2) is 0 Å². The highest BCUT2D eigenvalue weighted by atomic mass is 15.1. The van der Waals surface area contributed by atoms with E-state index in [0.717, 1.165) is 12.1 Å². The van der Waals surface area contributed by atoms with Crippen LogP contribution >= 0.6 is 0 Å². The summed E-state index contributed by atoms with van der Waals surface area (Å²) >= 11 is 0. The third-order valence-corrected chi connectivity index (χ3v) is 3.86. The first-order valence-electron chi connectivity index (χ1n) is 6.29. The molecule has 1 aromatic heterocycles. The average molecular weight is 237 g/mol. The zero-order valence-corrected chi connectivity index (χ0v) is 10.4. The molecule has 1 aromatic carbocycles. The maximum Gasteiger partial charge on any atom is 0.0991 e. The number of rotatable bonds is 1. The van der Waals surface area contributed by atoms with Gasteiger partial charge in [-0.1, -0.05) is 19.1 Å². The van der Waals surface area contributed by atoms with Crippen molar-refractivity contribution in [2.24, 2.45) is 5.92 Å². The van der Waals surface area contributed by atoms with E-state index in [4.69, 9.17) is 5.26 Å². The summed E-state index contributed by atoms with van der Waals surface area (Å²) in [6, 6.07) is 10.1. The molecule has 3 nitrogen and oxygen atoms in total. The number of nitrogens with zero attached hydrogens (tertiary/aromatic N) is 3. The molecule has 1 unspecified atom stereocenters. The Morgan fingerprint density at radius 3 is 2.83 bits per heavy atom. The molecular weight excluding hydrogens is 222 g/mol. The molecule has 0 N–H and O–H groups in total. The minimum absolute atomic E-state index is 0.397. The first-order chi connectivity index (χ1) is 8.79. The van der Waals surface area contributed by atoms with Crippen molar-refractivity contribution >= 4 is 0 Å². The Morgan fingerprint density at radius 2 is 2.11 bits per heavy atom. The van der Waals surface area contributed by atoms with Crippen molar-refractivity contribution in [2.75, 3.05) is 0 Å². The van der Waals surface area contributed by atoms with Crippen LogP contribution in [0.15, 0.2) is 36.8 Å². The second kappa shape index (κ2) is 4.30. The van der Waals surface area contributed by atoms with Crippen molar-refractivity contribution in [1.82, 2.24) is 9.55 Å². The molecule has 2 heterocycles. The van der Waals surface area contributed by atoms with E-state index in [1.54, 1.807) is 0 Å². The van der Waals surface area contributed by atoms with E-state index in [-0.39, 0.29) is 0 Å². The lowest BCUT2D eigenvalue weighted by atomic mass is 9.80. The lowest BCUT2D eigenvalue weighted by molar-refractivity contribution is 0.374. The maximum atomic E-state index is 8.85. The molecular formula is C15H15N3. The fraction of sp³-hybridized carbons (Fsp3) is 0.333. The number of benzene rings is 1. The van der Waals surface area contributed by atoms with Gasteiger partial charge in [-0.15, -0.1) is 0 Å². The number of fused-ring (bicyclic) bond motifs is 1. The van der Waals surface area contributed by atoms with Gasteiger partial charge in [0.05, 0.1) is 18.0 Å². The summed E-state index contributed by atoms with van der Waals surface area (Å²) in [6.07, 6.45) is 5.06. The van der Waals surface area contributed by atoms with Gasteiger partial charge in [0.1, 0.15) is 0 Å². The van der Waals surface area contributed by atoms with Crippen molar-refractivity contribution in [2.45, 2.75) is 25.8 Å². The molecule has 2 atom stereocenters. The van der Waals surface area contributed by atoms with Crippen molar-refractivity contribution in [3.63, 3.8) is 0 Å². The van der Waals surface area contributed by atoms with Crippen LogP contribution in [0.1, 0.15) is 36.1 Å².